The van der Waals surface area contributed by atoms with Crippen molar-refractivity contribution in [2.45, 2.75) is 13.0 Å². The van der Waals surface area contributed by atoms with Gasteiger partial charge in [-0.15, -0.1) is 0 Å². The molecule has 0 fully saturated rings. The second-order valence-corrected chi connectivity index (χ2v) is 6.02. The van der Waals surface area contributed by atoms with Gasteiger partial charge in [0.2, 0.25) is 0 Å². The zero-order valence-corrected chi connectivity index (χ0v) is 13.2. The first kappa shape index (κ1) is 14.9. The Bertz CT molecular complexity index is 413. The fraction of sp³-hybridized carbons (Fsp3) is 0.417. The number of rotatable bonds is 4. The van der Waals surface area contributed by atoms with Gasteiger partial charge in [-0.1, -0.05) is 11.6 Å². The van der Waals surface area contributed by atoms with Crippen molar-refractivity contribution in [3.63, 3.8) is 0 Å². The summed E-state index contributed by atoms with van der Waals surface area (Å²) in [4.78, 5) is 13.9. The van der Waals surface area contributed by atoms with Crippen LogP contribution >= 0.6 is 39.3 Å². The molecule has 1 unspecified atom stereocenters. The number of carbonyl (C=O) groups excluding carboxylic acids is 1. The molecule has 0 saturated heterocycles. The summed E-state index contributed by atoms with van der Waals surface area (Å²) in [6.45, 7) is 2.04. The van der Waals surface area contributed by atoms with Gasteiger partial charge in [0.05, 0.1) is 5.02 Å². The number of hydrogen-bond acceptors (Lipinski definition) is 2. The molecule has 1 rings (SSSR count). The minimum Gasteiger partial charge on any atom is -0.338 e. The maximum absolute atomic E-state index is 12.2. The largest absolute Gasteiger partial charge is 0.338 e. The summed E-state index contributed by atoms with van der Waals surface area (Å²) in [5.74, 6) is 0.924. The lowest BCUT2D eigenvalue weighted by Gasteiger charge is -2.24. The van der Waals surface area contributed by atoms with Crippen LogP contribution in [-0.4, -0.2) is 35.9 Å². The van der Waals surface area contributed by atoms with Crippen LogP contribution in [0.25, 0.3) is 0 Å². The standard InChI is InChI=1S/C12H15BrClNOS/c1-8(7-17-3)15(2)12(16)9-4-5-10(13)11(14)6-9/h4-6,8H,7H2,1-3H3. The van der Waals surface area contributed by atoms with Gasteiger partial charge < -0.3 is 4.90 Å². The molecule has 0 bridgehead atoms. The maximum Gasteiger partial charge on any atom is 0.253 e. The second-order valence-electron chi connectivity index (χ2n) is 3.85. The van der Waals surface area contributed by atoms with Crippen molar-refractivity contribution in [3.05, 3.63) is 33.3 Å². The maximum atomic E-state index is 12.2. The smallest absolute Gasteiger partial charge is 0.253 e. The summed E-state index contributed by atoms with van der Waals surface area (Å²) in [6.07, 6.45) is 2.03. The van der Waals surface area contributed by atoms with E-state index in [4.69, 9.17) is 11.6 Å². The van der Waals surface area contributed by atoms with Crippen LogP contribution in [0.3, 0.4) is 0 Å². The van der Waals surface area contributed by atoms with Crippen molar-refractivity contribution in [2.75, 3.05) is 19.1 Å². The van der Waals surface area contributed by atoms with Crippen LogP contribution in [0.2, 0.25) is 5.02 Å². The lowest BCUT2D eigenvalue weighted by Crippen LogP contribution is -2.36. The normalized spacial score (nSPS) is 12.3. The number of halogens is 2. The molecule has 1 aromatic rings. The summed E-state index contributed by atoms with van der Waals surface area (Å²) in [5.41, 5.74) is 0.619. The monoisotopic (exact) mass is 335 g/mol. The van der Waals surface area contributed by atoms with Crippen LogP contribution in [0.4, 0.5) is 0 Å². The van der Waals surface area contributed by atoms with Gasteiger partial charge in [0.15, 0.2) is 0 Å². The molecule has 94 valence electrons. The van der Waals surface area contributed by atoms with Crippen LogP contribution in [0.15, 0.2) is 22.7 Å². The molecule has 0 saturated carbocycles. The van der Waals surface area contributed by atoms with Gasteiger partial charge in [-0.05, 0) is 47.3 Å². The van der Waals surface area contributed by atoms with Gasteiger partial charge in [0.25, 0.3) is 5.91 Å². The molecule has 0 aliphatic heterocycles. The van der Waals surface area contributed by atoms with Gasteiger partial charge in [0.1, 0.15) is 0 Å². The number of thioether (sulfide) groups is 1. The first-order valence-electron chi connectivity index (χ1n) is 5.18. The molecule has 0 heterocycles. The Morgan fingerprint density at radius 1 is 1.59 bits per heavy atom. The Kier molecular flexibility index (Phi) is 5.83. The van der Waals surface area contributed by atoms with E-state index in [2.05, 4.69) is 15.9 Å². The predicted molar refractivity (Wildman–Crippen MR) is 79.1 cm³/mol. The average Bonchev–Trinajstić information content (AvgIpc) is 2.31. The third-order valence-corrected chi connectivity index (χ3v) is 4.60. The van der Waals surface area contributed by atoms with Crippen LogP contribution in [0, 0.1) is 0 Å². The number of carbonyl (C=O) groups is 1. The van der Waals surface area contributed by atoms with Crippen molar-refractivity contribution in [1.29, 1.82) is 0 Å². The highest BCUT2D eigenvalue weighted by Crippen LogP contribution is 2.24. The number of nitrogens with zero attached hydrogens (tertiary/aromatic N) is 1. The van der Waals surface area contributed by atoms with E-state index in [1.807, 2.05) is 20.2 Å². The first-order valence-corrected chi connectivity index (χ1v) is 7.75. The number of hydrogen-bond donors (Lipinski definition) is 0. The molecule has 1 atom stereocenters. The van der Waals surface area contributed by atoms with Crippen LogP contribution in [-0.2, 0) is 0 Å². The highest BCUT2D eigenvalue weighted by molar-refractivity contribution is 9.10. The lowest BCUT2D eigenvalue weighted by atomic mass is 10.2. The molecular formula is C12H15BrClNOS. The average molecular weight is 337 g/mol. The summed E-state index contributed by atoms with van der Waals surface area (Å²) in [6, 6.07) is 5.47. The molecule has 0 aromatic heterocycles. The second kappa shape index (κ2) is 6.66. The molecule has 0 aliphatic carbocycles. The van der Waals surface area contributed by atoms with E-state index >= 15 is 0 Å². The van der Waals surface area contributed by atoms with Crippen molar-refractivity contribution >= 4 is 45.2 Å². The molecular weight excluding hydrogens is 322 g/mol. The van der Waals surface area contributed by atoms with E-state index in [1.54, 1.807) is 34.9 Å². The Labute approximate surface area is 120 Å². The van der Waals surface area contributed by atoms with Gasteiger partial charge >= 0.3 is 0 Å². The summed E-state index contributed by atoms with van der Waals surface area (Å²) in [5, 5.41) is 0.557. The summed E-state index contributed by atoms with van der Waals surface area (Å²) >= 11 is 11.0. The van der Waals surface area contributed by atoms with Crippen molar-refractivity contribution in [2.24, 2.45) is 0 Å². The van der Waals surface area contributed by atoms with Gasteiger partial charge in [-0.3, -0.25) is 4.79 Å². The Morgan fingerprint density at radius 3 is 2.76 bits per heavy atom. The number of amides is 1. The summed E-state index contributed by atoms with van der Waals surface area (Å²) < 4.78 is 0.801. The van der Waals surface area contributed by atoms with Crippen molar-refractivity contribution < 1.29 is 4.79 Å². The molecule has 5 heteroatoms. The van der Waals surface area contributed by atoms with Crippen molar-refractivity contribution in [3.8, 4) is 0 Å². The lowest BCUT2D eigenvalue weighted by molar-refractivity contribution is 0.0757. The molecule has 17 heavy (non-hydrogen) atoms. The molecule has 0 radical (unpaired) electrons. The Hall–Kier alpha value is -0.190. The Balaban J connectivity index is 2.85. The summed E-state index contributed by atoms with van der Waals surface area (Å²) in [7, 11) is 1.82. The number of benzene rings is 1. The fourth-order valence-corrected chi connectivity index (χ4v) is 2.52. The van der Waals surface area contributed by atoms with E-state index in [0.717, 1.165) is 10.2 Å². The van der Waals surface area contributed by atoms with E-state index in [0.29, 0.717) is 10.6 Å². The van der Waals surface area contributed by atoms with E-state index in [1.165, 1.54) is 0 Å². The molecule has 0 aliphatic rings. The van der Waals surface area contributed by atoms with E-state index in [-0.39, 0.29) is 11.9 Å². The first-order chi connectivity index (χ1) is 7.97. The fourth-order valence-electron chi connectivity index (χ4n) is 1.39. The predicted octanol–water partition coefficient (Wildman–Crippen LogP) is 3.93. The minimum atomic E-state index is 0.000880. The van der Waals surface area contributed by atoms with Gasteiger partial charge in [-0.2, -0.15) is 11.8 Å². The van der Waals surface area contributed by atoms with Crippen LogP contribution in [0.5, 0.6) is 0 Å². The van der Waals surface area contributed by atoms with E-state index < -0.39 is 0 Å². The van der Waals surface area contributed by atoms with E-state index in [9.17, 15) is 4.79 Å². The van der Waals surface area contributed by atoms with Gasteiger partial charge in [0, 0.05) is 28.9 Å². The highest BCUT2D eigenvalue weighted by atomic mass is 79.9. The highest BCUT2D eigenvalue weighted by Gasteiger charge is 2.17. The van der Waals surface area contributed by atoms with Crippen LogP contribution < -0.4 is 0 Å². The molecule has 1 aromatic carbocycles. The zero-order chi connectivity index (χ0) is 13.0. The molecule has 2 nitrogen and oxygen atoms in total. The van der Waals surface area contributed by atoms with Gasteiger partial charge in [-0.25, -0.2) is 0 Å². The third-order valence-electron chi connectivity index (χ3n) is 2.56. The van der Waals surface area contributed by atoms with Crippen LogP contribution in [0.1, 0.15) is 17.3 Å². The topological polar surface area (TPSA) is 20.3 Å². The Morgan fingerprint density at radius 2 is 2.24 bits per heavy atom. The third kappa shape index (κ3) is 3.90. The molecule has 0 spiro atoms. The minimum absolute atomic E-state index is 0.000880. The quantitative estimate of drug-likeness (QED) is 0.830. The van der Waals surface area contributed by atoms with Crippen molar-refractivity contribution in [1.82, 2.24) is 4.90 Å². The molecule has 0 N–H and O–H groups in total. The zero-order valence-electron chi connectivity index (χ0n) is 10.0. The molecule has 1 amide bonds. The SMILES string of the molecule is CSCC(C)N(C)C(=O)c1ccc(Br)c(Cl)c1.